The number of carbonyl (C=O) groups excluding carboxylic acids is 1. The summed E-state index contributed by atoms with van der Waals surface area (Å²) in [6.45, 7) is 22.1. The molecule has 0 fully saturated rings. The quantitative estimate of drug-likeness (QED) is 0.299. The lowest BCUT2D eigenvalue weighted by molar-refractivity contribution is -0.157. The van der Waals surface area contributed by atoms with Gasteiger partial charge < -0.3 is 14.0 Å². The van der Waals surface area contributed by atoms with Gasteiger partial charge in [0.15, 0.2) is 6.61 Å². The largest absolute Gasteiger partial charge is 0.465 e. The van der Waals surface area contributed by atoms with Gasteiger partial charge in [0.25, 0.3) is 0 Å². The van der Waals surface area contributed by atoms with Crippen LogP contribution in [0.2, 0.25) is 0 Å². The molecule has 0 aliphatic rings. The number of carbonyl (C=O) groups is 1. The van der Waals surface area contributed by atoms with E-state index in [-0.39, 0.29) is 6.61 Å². The Morgan fingerprint density at radius 1 is 1.23 bits per heavy atom. The number of aromatic nitrogens is 2. The van der Waals surface area contributed by atoms with E-state index in [1.54, 1.807) is 6.20 Å². The first-order valence-electron chi connectivity index (χ1n) is 10.6. The lowest BCUT2D eigenvalue weighted by atomic mass is 10.2. The minimum atomic E-state index is -0.535. The number of pyridine rings is 1. The Hall–Kier alpha value is -3.00. The Labute approximate surface area is 189 Å². The van der Waals surface area contributed by atoms with Gasteiger partial charge in [0, 0.05) is 18.4 Å². The number of allylic oxidation sites excluding steroid dienone is 3. The molecule has 5 nitrogen and oxygen atoms in total. The average molecular weight is 429 g/mol. The molecule has 5 heteroatoms. The van der Waals surface area contributed by atoms with Crippen molar-refractivity contribution in [2.24, 2.45) is 0 Å². The van der Waals surface area contributed by atoms with Crippen molar-refractivity contribution in [1.82, 2.24) is 9.55 Å². The number of terminal acetylenes is 1. The summed E-state index contributed by atoms with van der Waals surface area (Å²) in [4.78, 5) is 16.1. The summed E-state index contributed by atoms with van der Waals surface area (Å²) in [5.41, 5.74) is 2.55. The van der Waals surface area contributed by atoms with Crippen molar-refractivity contribution in [3.63, 3.8) is 0 Å². The number of aryl methyl sites for hydroxylation is 1. The van der Waals surface area contributed by atoms with Gasteiger partial charge in [0.1, 0.15) is 5.60 Å². The highest BCUT2D eigenvalue weighted by Gasteiger charge is 2.18. The van der Waals surface area contributed by atoms with Crippen molar-refractivity contribution in [1.29, 1.82) is 0 Å². The smallest absolute Gasteiger partial charge is 0.344 e. The lowest BCUT2D eigenvalue weighted by Crippen LogP contribution is -2.27. The molecule has 2 aromatic rings. The van der Waals surface area contributed by atoms with Crippen LogP contribution in [0.1, 0.15) is 61.1 Å². The van der Waals surface area contributed by atoms with Crippen LogP contribution in [0.25, 0.3) is 10.9 Å². The Kier molecular flexibility index (Phi) is 15.4. The number of ether oxygens (including phenoxy) is 2. The highest BCUT2D eigenvalue weighted by molar-refractivity contribution is 5.86. The first-order valence-corrected chi connectivity index (χ1v) is 10.6. The number of hydrogen-bond acceptors (Lipinski definition) is 4. The van der Waals surface area contributed by atoms with E-state index in [0.29, 0.717) is 12.4 Å². The van der Waals surface area contributed by atoms with Gasteiger partial charge in [-0.25, -0.2) is 9.78 Å². The summed E-state index contributed by atoms with van der Waals surface area (Å²) >= 11 is 0. The van der Waals surface area contributed by atoms with Crippen molar-refractivity contribution in [3.05, 3.63) is 48.3 Å². The molecule has 0 amide bonds. The zero-order chi connectivity index (χ0) is 24.6. The van der Waals surface area contributed by atoms with E-state index in [4.69, 9.17) is 9.47 Å². The number of rotatable bonds is 6. The fourth-order valence-corrected chi connectivity index (χ4v) is 2.61. The molecule has 0 unspecified atom stereocenters. The van der Waals surface area contributed by atoms with Gasteiger partial charge in [-0.1, -0.05) is 46.4 Å². The molecule has 0 aromatic carbocycles. The molecule has 0 aliphatic heterocycles. The van der Waals surface area contributed by atoms with E-state index >= 15 is 0 Å². The molecule has 2 heterocycles. The van der Waals surface area contributed by atoms with Crippen molar-refractivity contribution < 1.29 is 14.3 Å². The van der Waals surface area contributed by atoms with Crippen LogP contribution in [0.4, 0.5) is 0 Å². The van der Waals surface area contributed by atoms with Gasteiger partial charge in [-0.3, -0.25) is 0 Å². The number of hydrogen-bond donors (Lipinski definition) is 0. The summed E-state index contributed by atoms with van der Waals surface area (Å²) in [7, 11) is 0. The number of fused-ring (bicyclic) bond motifs is 1. The van der Waals surface area contributed by atoms with Crippen molar-refractivity contribution in [2.45, 2.75) is 74.5 Å². The maximum atomic E-state index is 11.9. The summed E-state index contributed by atoms with van der Waals surface area (Å²) in [5, 5.41) is 0.872. The molecule has 2 rings (SSSR count). The molecule has 0 saturated carbocycles. The second-order valence-corrected chi connectivity index (χ2v) is 6.95. The van der Waals surface area contributed by atoms with E-state index in [9.17, 15) is 4.79 Å². The summed E-state index contributed by atoms with van der Waals surface area (Å²) in [6, 6.07) is 3.95. The Bertz CT molecular complexity index is 853. The third-order valence-corrected chi connectivity index (χ3v) is 3.51. The average Bonchev–Trinajstić information content (AvgIpc) is 3.05. The van der Waals surface area contributed by atoms with Gasteiger partial charge >= 0.3 is 5.97 Å². The second kappa shape index (κ2) is 15.8. The fraction of sp³-hybridized carbons (Fsp3) is 0.462. The summed E-state index contributed by atoms with van der Waals surface area (Å²) < 4.78 is 13.0. The molecule has 2 aromatic heterocycles. The third kappa shape index (κ3) is 10.5. The molecule has 0 atom stereocenters. The predicted molar refractivity (Wildman–Crippen MR) is 132 cm³/mol. The molecule has 0 spiro atoms. The maximum absolute atomic E-state index is 11.9. The normalized spacial score (nSPS) is 10.0. The molecular formula is C26H40N2O3. The maximum Gasteiger partial charge on any atom is 0.344 e. The summed E-state index contributed by atoms with van der Waals surface area (Å²) in [5.74, 6) is 0.0192. The van der Waals surface area contributed by atoms with E-state index in [0.717, 1.165) is 22.2 Å². The van der Waals surface area contributed by atoms with E-state index in [1.807, 2.05) is 86.6 Å². The van der Waals surface area contributed by atoms with Gasteiger partial charge in [0.2, 0.25) is 5.88 Å². The minimum absolute atomic E-state index is 0.168. The Morgan fingerprint density at radius 3 is 2.32 bits per heavy atom. The van der Waals surface area contributed by atoms with Gasteiger partial charge in [-0.05, 0) is 52.3 Å². The Balaban J connectivity index is 0. The van der Waals surface area contributed by atoms with Crippen LogP contribution >= 0.6 is 0 Å². The fourth-order valence-electron chi connectivity index (χ4n) is 2.61. The molecule has 0 bridgehead atoms. The molecule has 0 radical (unpaired) electrons. The van der Waals surface area contributed by atoms with Crippen LogP contribution in [-0.2, 0) is 16.1 Å². The number of esters is 1. The third-order valence-electron chi connectivity index (χ3n) is 3.51. The van der Waals surface area contributed by atoms with Gasteiger partial charge in [-0.15, -0.1) is 12.8 Å². The van der Waals surface area contributed by atoms with Crippen LogP contribution in [0, 0.1) is 19.8 Å². The van der Waals surface area contributed by atoms with Crippen LogP contribution in [-0.4, -0.2) is 27.7 Å². The monoisotopic (exact) mass is 428 g/mol. The SMILES string of the molecule is C#C.C=C(/C=C\C)Cn1c(C)cc2c(OCC(=O)OC(C)(C)C)nccc21.CC.CC. The van der Waals surface area contributed by atoms with E-state index in [1.165, 1.54) is 0 Å². The number of nitrogens with zero attached hydrogens (tertiary/aromatic N) is 2. The highest BCUT2D eigenvalue weighted by Crippen LogP contribution is 2.27. The molecular weight excluding hydrogens is 388 g/mol. The predicted octanol–water partition coefficient (Wildman–Crippen LogP) is 6.50. The minimum Gasteiger partial charge on any atom is -0.465 e. The molecule has 0 saturated heterocycles. The zero-order valence-electron chi connectivity index (χ0n) is 20.8. The van der Waals surface area contributed by atoms with Crippen molar-refractivity contribution in [3.8, 4) is 18.7 Å². The summed E-state index contributed by atoms with van der Waals surface area (Å²) in [6.07, 6.45) is 13.6. The van der Waals surface area contributed by atoms with E-state index < -0.39 is 11.6 Å². The highest BCUT2D eigenvalue weighted by atomic mass is 16.6. The lowest BCUT2D eigenvalue weighted by Gasteiger charge is -2.19. The standard InChI is InChI=1S/C20H26N2O3.2C2H6.C2H2/c1-7-8-14(2)12-22-15(3)11-16-17(22)9-10-21-19(16)24-13-18(23)25-20(4,5)6;3*1-2/h7-11H,2,12-13H2,1,3-6H3;2*1-2H3;1-2H/b8-7-;;;. The topological polar surface area (TPSA) is 53.4 Å². The van der Waals surface area contributed by atoms with Crippen LogP contribution in [0.3, 0.4) is 0 Å². The molecule has 31 heavy (non-hydrogen) atoms. The zero-order valence-corrected chi connectivity index (χ0v) is 20.8. The van der Waals surface area contributed by atoms with Crippen LogP contribution < -0.4 is 4.74 Å². The van der Waals surface area contributed by atoms with Crippen molar-refractivity contribution in [2.75, 3.05) is 6.61 Å². The first-order chi connectivity index (χ1) is 14.7. The van der Waals surface area contributed by atoms with Crippen molar-refractivity contribution >= 4 is 16.9 Å². The molecule has 172 valence electrons. The molecule has 0 N–H and O–H groups in total. The van der Waals surface area contributed by atoms with Gasteiger partial charge in [0.05, 0.1) is 10.9 Å². The first kappa shape index (κ1) is 30.2. The Morgan fingerprint density at radius 2 is 1.81 bits per heavy atom. The van der Waals surface area contributed by atoms with Crippen LogP contribution in [0.5, 0.6) is 5.88 Å². The second-order valence-electron chi connectivity index (χ2n) is 6.95. The van der Waals surface area contributed by atoms with Crippen LogP contribution in [0.15, 0.2) is 42.6 Å². The molecule has 0 aliphatic carbocycles. The van der Waals surface area contributed by atoms with E-state index in [2.05, 4.69) is 29.0 Å². The van der Waals surface area contributed by atoms with Gasteiger partial charge in [-0.2, -0.15) is 0 Å².